The summed E-state index contributed by atoms with van der Waals surface area (Å²) in [5, 5.41) is 5.05. The van der Waals surface area contributed by atoms with Gasteiger partial charge in [0.05, 0.1) is 15.4 Å². The van der Waals surface area contributed by atoms with E-state index >= 15 is 0 Å². The second-order valence-electron chi connectivity index (χ2n) is 6.07. The Kier molecular flexibility index (Phi) is 2.75. The van der Waals surface area contributed by atoms with Crippen LogP contribution in [-0.4, -0.2) is 35.1 Å². The number of halogens is 2. The van der Waals surface area contributed by atoms with Crippen molar-refractivity contribution >= 4 is 57.0 Å². The Bertz CT molecular complexity index is 956. The molecular formula is C15H13Cl2N5O. The minimum Gasteiger partial charge on any atom is -0.450 e. The highest BCUT2D eigenvalue weighted by atomic mass is 35.5. The van der Waals surface area contributed by atoms with Gasteiger partial charge in [-0.05, 0) is 18.6 Å². The van der Waals surface area contributed by atoms with Crippen molar-refractivity contribution in [3.8, 4) is 0 Å². The standard InChI is InChI=1S/C15H13Cl2N5O/c16-8-1-2-9-10(11(8)17)12-13(23-9)14(21-15(18)20-12)22-5-6-3-7(22)4-19-6/h1-2,6-7,19H,3-5H2,(H2,18,20,21)/t6-,7+/m0/s1. The minimum absolute atomic E-state index is 0.210. The van der Waals surface area contributed by atoms with Crippen molar-refractivity contribution in [1.29, 1.82) is 0 Å². The summed E-state index contributed by atoms with van der Waals surface area (Å²) in [6.07, 6.45) is 1.11. The maximum atomic E-state index is 6.36. The van der Waals surface area contributed by atoms with Crippen LogP contribution in [0.1, 0.15) is 6.42 Å². The third-order valence-corrected chi connectivity index (χ3v) is 5.50. The number of anilines is 2. The Hall–Kier alpha value is -1.76. The first-order valence-electron chi connectivity index (χ1n) is 7.45. The summed E-state index contributed by atoms with van der Waals surface area (Å²) in [7, 11) is 0. The molecule has 2 atom stereocenters. The van der Waals surface area contributed by atoms with Crippen molar-refractivity contribution in [2.24, 2.45) is 0 Å². The number of piperazine rings is 1. The van der Waals surface area contributed by atoms with E-state index in [1.165, 1.54) is 0 Å². The predicted octanol–water partition coefficient (Wildman–Crippen LogP) is 2.82. The number of rotatable bonds is 1. The molecule has 4 heterocycles. The Balaban J connectivity index is 1.82. The van der Waals surface area contributed by atoms with Crippen LogP contribution >= 0.6 is 23.2 Å². The second kappa shape index (κ2) is 4.63. The molecule has 2 aliphatic heterocycles. The van der Waals surface area contributed by atoms with Gasteiger partial charge in [0.1, 0.15) is 11.1 Å². The molecule has 6 nitrogen and oxygen atoms in total. The fraction of sp³-hybridized carbons (Fsp3) is 0.333. The number of nitrogens with one attached hydrogen (secondary N) is 1. The van der Waals surface area contributed by atoms with Gasteiger partial charge in [0.15, 0.2) is 11.4 Å². The van der Waals surface area contributed by atoms with Gasteiger partial charge in [0.2, 0.25) is 5.95 Å². The Morgan fingerprint density at radius 1 is 1.30 bits per heavy atom. The van der Waals surface area contributed by atoms with Crippen LogP contribution < -0.4 is 16.0 Å². The fourth-order valence-electron chi connectivity index (χ4n) is 3.68. The molecule has 0 radical (unpaired) electrons. The molecule has 2 saturated heterocycles. The van der Waals surface area contributed by atoms with Crippen LogP contribution in [0.15, 0.2) is 16.5 Å². The smallest absolute Gasteiger partial charge is 0.222 e. The summed E-state index contributed by atoms with van der Waals surface area (Å²) in [6.45, 7) is 1.84. The van der Waals surface area contributed by atoms with Gasteiger partial charge in [0, 0.05) is 25.2 Å². The average Bonchev–Trinajstić information content (AvgIpc) is 3.23. The maximum Gasteiger partial charge on any atom is 0.222 e. The van der Waals surface area contributed by atoms with E-state index in [-0.39, 0.29) is 5.95 Å². The van der Waals surface area contributed by atoms with Crippen LogP contribution in [0.3, 0.4) is 0 Å². The van der Waals surface area contributed by atoms with Crippen LogP contribution in [0.2, 0.25) is 10.0 Å². The monoisotopic (exact) mass is 349 g/mol. The molecule has 3 N–H and O–H groups in total. The third-order valence-electron chi connectivity index (χ3n) is 4.70. The first-order valence-corrected chi connectivity index (χ1v) is 8.21. The molecule has 0 saturated carbocycles. The molecule has 2 aliphatic rings. The van der Waals surface area contributed by atoms with Gasteiger partial charge >= 0.3 is 0 Å². The molecule has 5 rings (SSSR count). The minimum atomic E-state index is 0.210. The Labute approximate surface area is 141 Å². The molecule has 118 valence electrons. The highest BCUT2D eigenvalue weighted by molar-refractivity contribution is 6.46. The van der Waals surface area contributed by atoms with Crippen LogP contribution in [0.4, 0.5) is 11.8 Å². The Morgan fingerprint density at radius 3 is 2.91 bits per heavy atom. The maximum absolute atomic E-state index is 6.36. The van der Waals surface area contributed by atoms with Crippen molar-refractivity contribution in [2.45, 2.75) is 18.5 Å². The number of benzene rings is 1. The topological polar surface area (TPSA) is 80.2 Å². The van der Waals surface area contributed by atoms with E-state index in [1.807, 2.05) is 0 Å². The third kappa shape index (κ3) is 1.86. The van der Waals surface area contributed by atoms with Gasteiger partial charge in [-0.25, -0.2) is 4.98 Å². The molecule has 3 aromatic rings. The quantitative estimate of drug-likeness (QED) is 0.703. The number of nitrogens with two attached hydrogens (primary N) is 1. The summed E-state index contributed by atoms with van der Waals surface area (Å²) < 4.78 is 6.01. The number of hydrogen-bond acceptors (Lipinski definition) is 6. The molecule has 0 spiro atoms. The zero-order valence-corrected chi connectivity index (χ0v) is 13.5. The lowest BCUT2D eigenvalue weighted by molar-refractivity contribution is 0.572. The number of nitrogens with zero attached hydrogens (tertiary/aromatic N) is 3. The molecule has 0 unspecified atom stereocenters. The largest absolute Gasteiger partial charge is 0.450 e. The van der Waals surface area contributed by atoms with Crippen molar-refractivity contribution in [1.82, 2.24) is 15.3 Å². The number of nitrogen functional groups attached to an aromatic ring is 1. The molecule has 2 fully saturated rings. The summed E-state index contributed by atoms with van der Waals surface area (Å²) in [4.78, 5) is 11.0. The van der Waals surface area contributed by atoms with E-state index < -0.39 is 0 Å². The van der Waals surface area contributed by atoms with Crippen molar-refractivity contribution < 1.29 is 4.42 Å². The summed E-state index contributed by atoms with van der Waals surface area (Å²) >= 11 is 12.5. The lowest BCUT2D eigenvalue weighted by atomic mass is 10.2. The molecule has 0 amide bonds. The Morgan fingerprint density at radius 2 is 2.17 bits per heavy atom. The highest BCUT2D eigenvalue weighted by Crippen LogP contribution is 2.41. The zero-order chi connectivity index (χ0) is 15.7. The van der Waals surface area contributed by atoms with Crippen LogP contribution in [0.25, 0.3) is 22.1 Å². The van der Waals surface area contributed by atoms with Crippen molar-refractivity contribution in [3.05, 3.63) is 22.2 Å². The highest BCUT2D eigenvalue weighted by Gasteiger charge is 2.39. The van der Waals surface area contributed by atoms with Gasteiger partial charge in [-0.15, -0.1) is 0 Å². The van der Waals surface area contributed by atoms with Gasteiger partial charge in [-0.3, -0.25) is 0 Å². The molecule has 2 bridgehead atoms. The lowest BCUT2D eigenvalue weighted by Gasteiger charge is -2.28. The molecule has 8 heteroatoms. The van der Waals surface area contributed by atoms with Gasteiger partial charge < -0.3 is 20.4 Å². The zero-order valence-electron chi connectivity index (χ0n) is 12.0. The van der Waals surface area contributed by atoms with Gasteiger partial charge in [-0.1, -0.05) is 23.2 Å². The van der Waals surface area contributed by atoms with Crippen molar-refractivity contribution in [2.75, 3.05) is 23.7 Å². The molecule has 0 aliphatic carbocycles. The molecule has 2 aromatic heterocycles. The van der Waals surface area contributed by atoms with E-state index in [2.05, 4.69) is 20.2 Å². The lowest BCUT2D eigenvalue weighted by Crippen LogP contribution is -2.44. The van der Waals surface area contributed by atoms with Crippen LogP contribution in [-0.2, 0) is 0 Å². The summed E-state index contributed by atoms with van der Waals surface area (Å²) in [6, 6.07) is 4.41. The number of fused-ring (bicyclic) bond motifs is 5. The average molecular weight is 350 g/mol. The van der Waals surface area contributed by atoms with E-state index in [0.717, 1.165) is 25.3 Å². The van der Waals surface area contributed by atoms with E-state index in [1.54, 1.807) is 12.1 Å². The van der Waals surface area contributed by atoms with Crippen LogP contribution in [0.5, 0.6) is 0 Å². The van der Waals surface area contributed by atoms with E-state index in [4.69, 9.17) is 33.4 Å². The van der Waals surface area contributed by atoms with E-state index in [9.17, 15) is 0 Å². The van der Waals surface area contributed by atoms with Crippen molar-refractivity contribution in [3.63, 3.8) is 0 Å². The van der Waals surface area contributed by atoms with Crippen LogP contribution in [0, 0.1) is 0 Å². The molecule has 23 heavy (non-hydrogen) atoms. The normalized spacial score (nSPS) is 23.5. The molecular weight excluding hydrogens is 337 g/mol. The predicted molar refractivity (Wildman–Crippen MR) is 91.3 cm³/mol. The summed E-state index contributed by atoms with van der Waals surface area (Å²) in [5.74, 6) is 0.951. The first-order chi connectivity index (χ1) is 11.1. The fourth-order valence-corrected chi connectivity index (χ4v) is 4.09. The number of furan rings is 1. The second-order valence-corrected chi connectivity index (χ2v) is 6.85. The van der Waals surface area contributed by atoms with Gasteiger partial charge in [0.25, 0.3) is 0 Å². The number of hydrogen-bond donors (Lipinski definition) is 2. The number of aromatic nitrogens is 2. The van der Waals surface area contributed by atoms with E-state index in [0.29, 0.717) is 44.2 Å². The SMILES string of the molecule is Nc1nc(N2C[C@@H]3C[C@@H]2CN3)c2oc3ccc(Cl)c(Cl)c3c2n1. The summed E-state index contributed by atoms with van der Waals surface area (Å²) in [5.41, 5.74) is 7.82. The first kappa shape index (κ1) is 13.7. The molecule has 1 aromatic carbocycles. The van der Waals surface area contributed by atoms with Gasteiger partial charge in [-0.2, -0.15) is 4.98 Å².